The summed E-state index contributed by atoms with van der Waals surface area (Å²) in [4.78, 5) is 53.4. The molecule has 0 heterocycles. The summed E-state index contributed by atoms with van der Waals surface area (Å²) in [7, 11) is 0. The second-order valence-corrected chi connectivity index (χ2v) is 7.84. The Bertz CT molecular complexity index is 817. The average molecular weight is 416 g/mol. The molecule has 0 amide bonds. The molecule has 2 unspecified atom stereocenters. The molecule has 162 valence electrons. The molecule has 2 aliphatic carbocycles. The maximum Gasteiger partial charge on any atom is 0.333 e. The Hall–Kier alpha value is -2.82. The fraction of sp³-hybridized carbons (Fsp3) is 0.636. The number of allylic oxidation sites excluding steroid dienone is 3. The third kappa shape index (κ3) is 5.21. The predicted molar refractivity (Wildman–Crippen MR) is 108 cm³/mol. The number of carbonyl (C=O) groups is 2. The predicted octanol–water partition coefficient (Wildman–Crippen LogP) is 3.58. The highest BCUT2D eigenvalue weighted by atomic mass is 16.4. The van der Waals surface area contributed by atoms with Gasteiger partial charge in [0.15, 0.2) is 0 Å². The molecule has 0 aromatic heterocycles. The van der Waals surface area contributed by atoms with Crippen LogP contribution in [0.25, 0.3) is 0 Å². The molecular formula is C22H28N2O6. The molecule has 0 spiro atoms. The molecule has 2 N–H and O–H groups in total. The summed E-state index contributed by atoms with van der Waals surface area (Å²) < 4.78 is 0. The van der Waals surface area contributed by atoms with Crippen LogP contribution in [0.1, 0.15) is 64.2 Å². The van der Waals surface area contributed by atoms with Crippen molar-refractivity contribution in [3.8, 4) is 0 Å². The van der Waals surface area contributed by atoms with Crippen LogP contribution in [0.5, 0.6) is 0 Å². The lowest BCUT2D eigenvalue weighted by Crippen LogP contribution is -2.44. The largest absolute Gasteiger partial charge is 0.481 e. The third-order valence-electron chi connectivity index (χ3n) is 6.28. The number of carbonyl (C=O) groups excluding carboxylic acids is 2. The van der Waals surface area contributed by atoms with Crippen LogP contribution < -0.4 is 0 Å². The normalized spacial score (nSPS) is 24.5. The van der Waals surface area contributed by atoms with Crippen molar-refractivity contribution in [2.24, 2.45) is 21.3 Å². The highest BCUT2D eigenvalue weighted by Gasteiger charge is 2.53. The van der Waals surface area contributed by atoms with E-state index in [0.717, 1.165) is 37.7 Å². The molecule has 0 fully saturated rings. The number of rotatable bonds is 9. The average Bonchev–Trinajstić information content (AvgIpc) is 3.07. The van der Waals surface area contributed by atoms with Gasteiger partial charge in [0.05, 0.1) is 18.7 Å². The van der Waals surface area contributed by atoms with Gasteiger partial charge in [0.1, 0.15) is 5.41 Å². The molecule has 8 heteroatoms. The SMILES string of the molecule is O=C=NCCC1CCCC(C2=CCCCCC2)=C(C(=O)O)C1(CCN=C=O)C(=O)O. The van der Waals surface area contributed by atoms with Crippen LogP contribution in [0.3, 0.4) is 0 Å². The van der Waals surface area contributed by atoms with Gasteiger partial charge in [-0.1, -0.05) is 12.5 Å². The highest BCUT2D eigenvalue weighted by Crippen LogP contribution is 2.50. The molecule has 2 rings (SSSR count). The lowest BCUT2D eigenvalue weighted by Gasteiger charge is -2.37. The van der Waals surface area contributed by atoms with E-state index in [-0.39, 0.29) is 31.5 Å². The van der Waals surface area contributed by atoms with E-state index in [1.165, 1.54) is 12.2 Å². The van der Waals surface area contributed by atoms with Crippen LogP contribution in [-0.4, -0.2) is 47.4 Å². The maximum atomic E-state index is 12.7. The zero-order valence-corrected chi connectivity index (χ0v) is 17.1. The molecule has 30 heavy (non-hydrogen) atoms. The van der Waals surface area contributed by atoms with Gasteiger partial charge < -0.3 is 10.2 Å². The first-order chi connectivity index (χ1) is 14.5. The smallest absolute Gasteiger partial charge is 0.333 e. The van der Waals surface area contributed by atoms with Gasteiger partial charge in [0.25, 0.3) is 0 Å². The van der Waals surface area contributed by atoms with Gasteiger partial charge in [-0.3, -0.25) is 4.79 Å². The Morgan fingerprint density at radius 1 is 1.03 bits per heavy atom. The molecule has 0 radical (unpaired) electrons. The van der Waals surface area contributed by atoms with Crippen molar-refractivity contribution in [1.29, 1.82) is 0 Å². The first-order valence-corrected chi connectivity index (χ1v) is 10.5. The minimum absolute atomic E-state index is 0.0745. The number of carboxylic acid groups (broad SMARTS) is 2. The summed E-state index contributed by atoms with van der Waals surface area (Å²) >= 11 is 0. The van der Waals surface area contributed by atoms with Crippen molar-refractivity contribution in [3.05, 3.63) is 22.8 Å². The first kappa shape index (κ1) is 23.5. The van der Waals surface area contributed by atoms with E-state index < -0.39 is 23.3 Å². The van der Waals surface area contributed by atoms with Crippen LogP contribution in [-0.2, 0) is 19.2 Å². The number of hydrogen-bond acceptors (Lipinski definition) is 6. The molecule has 0 saturated carbocycles. The van der Waals surface area contributed by atoms with E-state index in [0.29, 0.717) is 24.8 Å². The summed E-state index contributed by atoms with van der Waals surface area (Å²) in [6.45, 7) is -0.0581. The lowest BCUT2D eigenvalue weighted by molar-refractivity contribution is -0.154. The van der Waals surface area contributed by atoms with Gasteiger partial charge in [-0.25, -0.2) is 24.4 Å². The quantitative estimate of drug-likeness (QED) is 0.436. The van der Waals surface area contributed by atoms with E-state index >= 15 is 0 Å². The monoisotopic (exact) mass is 416 g/mol. The molecular weight excluding hydrogens is 388 g/mol. The van der Waals surface area contributed by atoms with E-state index in [1.807, 2.05) is 0 Å². The highest BCUT2D eigenvalue weighted by molar-refractivity contribution is 5.98. The van der Waals surface area contributed by atoms with E-state index in [4.69, 9.17) is 0 Å². The van der Waals surface area contributed by atoms with Gasteiger partial charge in [-0.15, -0.1) is 0 Å². The molecule has 0 aliphatic heterocycles. The second-order valence-electron chi connectivity index (χ2n) is 7.84. The number of hydrogen-bond donors (Lipinski definition) is 2. The Kier molecular flexibility index (Phi) is 8.90. The summed E-state index contributed by atoms with van der Waals surface area (Å²) in [5.41, 5.74) is -0.269. The fourth-order valence-electron chi connectivity index (χ4n) is 4.95. The number of aliphatic carboxylic acids is 2. The molecule has 0 aromatic carbocycles. The lowest BCUT2D eigenvalue weighted by atomic mass is 9.64. The first-order valence-electron chi connectivity index (χ1n) is 10.5. The summed E-state index contributed by atoms with van der Waals surface area (Å²) in [6.07, 6.45) is 11.3. The van der Waals surface area contributed by atoms with Gasteiger partial charge in [0, 0.05) is 0 Å². The number of carboxylic acids is 2. The van der Waals surface area contributed by atoms with Gasteiger partial charge in [-0.2, -0.15) is 0 Å². The molecule has 0 saturated heterocycles. The Morgan fingerprint density at radius 2 is 1.77 bits per heavy atom. The zero-order valence-electron chi connectivity index (χ0n) is 17.1. The Balaban J connectivity index is 2.70. The maximum absolute atomic E-state index is 12.7. The second kappa shape index (κ2) is 11.4. The zero-order chi connectivity index (χ0) is 22.0. The fourth-order valence-corrected chi connectivity index (χ4v) is 4.95. The molecule has 0 bridgehead atoms. The van der Waals surface area contributed by atoms with Crippen molar-refractivity contribution < 1.29 is 29.4 Å². The molecule has 0 aromatic rings. The molecule has 2 aliphatic rings. The number of nitrogens with zero attached hydrogens (tertiary/aromatic N) is 2. The van der Waals surface area contributed by atoms with Gasteiger partial charge >= 0.3 is 11.9 Å². The molecule has 2 atom stereocenters. The standard InChI is InChI=1S/C22H28N2O6/c25-14-23-12-10-17-8-5-9-18(16-6-3-1-2-4-7-16)19(20(27)28)22(17,21(29)30)11-13-24-15-26/h6,17H,1-5,7-13H2,(H,27,28)(H,29,30). The topological polar surface area (TPSA) is 133 Å². The minimum Gasteiger partial charge on any atom is -0.481 e. The Morgan fingerprint density at radius 3 is 2.43 bits per heavy atom. The van der Waals surface area contributed by atoms with Gasteiger partial charge in [-0.05, 0) is 74.9 Å². The molecule has 8 nitrogen and oxygen atoms in total. The van der Waals surface area contributed by atoms with Crippen molar-refractivity contribution >= 4 is 24.1 Å². The van der Waals surface area contributed by atoms with Crippen molar-refractivity contribution in [2.45, 2.75) is 64.2 Å². The van der Waals surface area contributed by atoms with Crippen LogP contribution >= 0.6 is 0 Å². The van der Waals surface area contributed by atoms with E-state index in [2.05, 4.69) is 16.1 Å². The van der Waals surface area contributed by atoms with Gasteiger partial charge in [0.2, 0.25) is 12.2 Å². The van der Waals surface area contributed by atoms with Crippen LogP contribution in [0.2, 0.25) is 0 Å². The number of isocyanates is 2. The van der Waals surface area contributed by atoms with Crippen LogP contribution in [0, 0.1) is 11.3 Å². The van der Waals surface area contributed by atoms with Crippen molar-refractivity contribution in [1.82, 2.24) is 0 Å². The van der Waals surface area contributed by atoms with Crippen LogP contribution in [0.15, 0.2) is 32.8 Å². The van der Waals surface area contributed by atoms with Crippen LogP contribution in [0.4, 0.5) is 0 Å². The summed E-state index contributed by atoms with van der Waals surface area (Å²) in [5, 5.41) is 20.6. The van der Waals surface area contributed by atoms with Crippen molar-refractivity contribution in [2.75, 3.05) is 13.1 Å². The van der Waals surface area contributed by atoms with Crippen molar-refractivity contribution in [3.63, 3.8) is 0 Å². The van der Waals surface area contributed by atoms with E-state index in [1.54, 1.807) is 0 Å². The van der Waals surface area contributed by atoms with E-state index in [9.17, 15) is 29.4 Å². The number of aliphatic imine (C=N–C) groups is 2. The summed E-state index contributed by atoms with van der Waals surface area (Å²) in [6, 6.07) is 0. The summed E-state index contributed by atoms with van der Waals surface area (Å²) in [5.74, 6) is -3.04. The Labute approximate surface area is 175 Å². The minimum atomic E-state index is -1.72. The third-order valence-corrected chi connectivity index (χ3v) is 6.28.